The lowest BCUT2D eigenvalue weighted by atomic mass is 10.0. The van der Waals surface area contributed by atoms with Crippen LogP contribution in [0.1, 0.15) is 11.1 Å². The molecule has 0 aliphatic carbocycles. The molecule has 0 radical (unpaired) electrons. The van der Waals surface area contributed by atoms with Crippen LogP contribution in [-0.2, 0) is 6.42 Å². The van der Waals surface area contributed by atoms with Crippen molar-refractivity contribution < 1.29 is 18.6 Å². The Morgan fingerprint density at radius 2 is 2.04 bits per heavy atom. The topological polar surface area (TPSA) is 95.1 Å². The summed E-state index contributed by atoms with van der Waals surface area (Å²) in [7, 11) is 0. The molecule has 3 aromatic rings. The molecule has 25 heavy (non-hydrogen) atoms. The van der Waals surface area contributed by atoms with E-state index in [0.29, 0.717) is 16.5 Å². The first-order valence-electron chi connectivity index (χ1n) is 7.57. The van der Waals surface area contributed by atoms with Gasteiger partial charge in [-0.2, -0.15) is 5.26 Å². The van der Waals surface area contributed by atoms with E-state index in [2.05, 4.69) is 4.98 Å². The van der Waals surface area contributed by atoms with Gasteiger partial charge in [-0.05, 0) is 18.2 Å². The number of nitrogens with two attached hydrogens (primary N) is 1. The summed E-state index contributed by atoms with van der Waals surface area (Å²) in [4.78, 5) is 2.91. The minimum Gasteiger partial charge on any atom is -0.454 e. The van der Waals surface area contributed by atoms with Crippen LogP contribution in [0.3, 0.4) is 0 Å². The van der Waals surface area contributed by atoms with Crippen LogP contribution in [-0.4, -0.2) is 22.7 Å². The number of nitrogens with zero attached hydrogens (tertiary/aromatic N) is 1. The van der Waals surface area contributed by atoms with Gasteiger partial charge in [0, 0.05) is 47.8 Å². The third kappa shape index (κ3) is 3.31. The zero-order chi connectivity index (χ0) is 18.0. The second-order valence-electron chi connectivity index (χ2n) is 5.55. The number of aromatic nitrogens is 1. The number of benzene rings is 2. The summed E-state index contributed by atoms with van der Waals surface area (Å²) in [6, 6.07) is 8.30. The number of H-pyrrole nitrogens is 1. The average molecular weight is 343 g/mol. The van der Waals surface area contributed by atoms with E-state index in [4.69, 9.17) is 15.7 Å². The van der Waals surface area contributed by atoms with Gasteiger partial charge >= 0.3 is 0 Å². The summed E-state index contributed by atoms with van der Waals surface area (Å²) in [5.41, 5.74) is 6.26. The molecule has 128 valence electrons. The maximum Gasteiger partial charge on any atom is 0.168 e. The molecule has 0 bridgehead atoms. The van der Waals surface area contributed by atoms with Gasteiger partial charge in [0.2, 0.25) is 0 Å². The molecule has 0 fully saturated rings. The Morgan fingerprint density at radius 3 is 2.76 bits per heavy atom. The second-order valence-corrected chi connectivity index (χ2v) is 5.55. The maximum absolute atomic E-state index is 14.6. The van der Waals surface area contributed by atoms with Crippen molar-refractivity contribution in [3.05, 3.63) is 59.3 Å². The average Bonchev–Trinajstić information content (AvgIpc) is 3.07. The van der Waals surface area contributed by atoms with Gasteiger partial charge in [0.05, 0.1) is 11.7 Å². The predicted molar refractivity (Wildman–Crippen MR) is 88.2 cm³/mol. The van der Waals surface area contributed by atoms with Gasteiger partial charge < -0.3 is 20.6 Å². The molecule has 0 saturated carbocycles. The van der Waals surface area contributed by atoms with Crippen molar-refractivity contribution in [3.8, 4) is 17.6 Å². The van der Waals surface area contributed by atoms with E-state index in [1.54, 1.807) is 18.3 Å². The molecule has 3 rings (SSSR count). The molecule has 0 aliphatic heterocycles. The molecule has 4 N–H and O–H groups in total. The number of hydrogen-bond acceptors (Lipinski definition) is 4. The Hall–Kier alpha value is -2.95. The monoisotopic (exact) mass is 343 g/mol. The molecule has 5 nitrogen and oxygen atoms in total. The fourth-order valence-corrected chi connectivity index (χ4v) is 2.63. The van der Waals surface area contributed by atoms with E-state index in [1.165, 1.54) is 18.2 Å². The number of aliphatic hydroxyl groups excluding tert-OH is 1. The van der Waals surface area contributed by atoms with E-state index in [-0.39, 0.29) is 30.0 Å². The lowest BCUT2D eigenvalue weighted by Gasteiger charge is -2.16. The molecule has 1 atom stereocenters. The molecule has 2 aromatic carbocycles. The number of nitrogens with one attached hydrogen (secondary N) is 1. The van der Waals surface area contributed by atoms with E-state index in [9.17, 15) is 13.9 Å². The highest BCUT2D eigenvalue weighted by Gasteiger charge is 2.19. The van der Waals surface area contributed by atoms with Gasteiger partial charge in [-0.1, -0.05) is 0 Å². The molecule has 1 heterocycles. The minimum atomic E-state index is -0.870. The van der Waals surface area contributed by atoms with Crippen LogP contribution >= 0.6 is 0 Å². The van der Waals surface area contributed by atoms with Gasteiger partial charge in [-0.25, -0.2) is 8.78 Å². The largest absolute Gasteiger partial charge is 0.454 e. The van der Waals surface area contributed by atoms with Crippen LogP contribution in [0.2, 0.25) is 0 Å². The second kappa shape index (κ2) is 6.89. The first kappa shape index (κ1) is 16.9. The lowest BCUT2D eigenvalue weighted by molar-refractivity contribution is 0.182. The summed E-state index contributed by atoms with van der Waals surface area (Å²) in [5.74, 6) is -1.29. The fourth-order valence-electron chi connectivity index (χ4n) is 2.63. The van der Waals surface area contributed by atoms with E-state index in [0.717, 1.165) is 6.07 Å². The molecule has 1 aromatic heterocycles. The first-order valence-corrected chi connectivity index (χ1v) is 7.57. The molecule has 7 heteroatoms. The summed E-state index contributed by atoms with van der Waals surface area (Å²) in [5, 5.41) is 19.5. The molecular formula is C18H15F2N3O2. The molecule has 0 aliphatic rings. The van der Waals surface area contributed by atoms with E-state index in [1.807, 2.05) is 0 Å². The number of rotatable bonds is 5. The zero-order valence-corrected chi connectivity index (χ0v) is 13.1. The van der Waals surface area contributed by atoms with Crippen LogP contribution in [0.15, 0.2) is 36.5 Å². The van der Waals surface area contributed by atoms with Crippen molar-refractivity contribution >= 4 is 10.9 Å². The Kier molecular flexibility index (Phi) is 4.65. The summed E-state index contributed by atoms with van der Waals surface area (Å²) in [6.07, 6.45) is 0.868. The van der Waals surface area contributed by atoms with E-state index >= 15 is 0 Å². The van der Waals surface area contributed by atoms with Gasteiger partial charge in [0.15, 0.2) is 11.6 Å². The minimum absolute atomic E-state index is 0.0109. The number of aromatic amines is 1. The number of hydrogen-bond donors (Lipinski definition) is 3. The van der Waals surface area contributed by atoms with Gasteiger partial charge in [-0.3, -0.25) is 0 Å². The van der Waals surface area contributed by atoms with Crippen molar-refractivity contribution in [2.24, 2.45) is 5.73 Å². The molecule has 0 spiro atoms. The molecular weight excluding hydrogens is 328 g/mol. The van der Waals surface area contributed by atoms with Crippen molar-refractivity contribution in [3.63, 3.8) is 0 Å². The van der Waals surface area contributed by atoms with Gasteiger partial charge in [0.25, 0.3) is 0 Å². The Labute approximate surface area is 142 Å². The highest BCUT2D eigenvalue weighted by Crippen LogP contribution is 2.35. The summed E-state index contributed by atoms with van der Waals surface area (Å²) >= 11 is 0. The van der Waals surface area contributed by atoms with E-state index < -0.39 is 17.7 Å². The number of halogens is 2. The van der Waals surface area contributed by atoms with Crippen LogP contribution < -0.4 is 10.5 Å². The van der Waals surface area contributed by atoms with Gasteiger partial charge in [0.1, 0.15) is 17.6 Å². The standard InChI is InChI=1S/C18H15F2N3O2/c19-15-2-1-12(5-10(15)8-21)25-18-14(6-11(24)9-22)13-3-4-23-17(13)7-16(18)20/h1-5,7,11,23-24H,6,9,22H2. The SMILES string of the molecule is N#Cc1cc(Oc2c(F)cc3[nH]ccc3c2CC(O)CN)ccc1F. The number of aliphatic hydroxyl groups is 1. The zero-order valence-electron chi connectivity index (χ0n) is 13.1. The van der Waals surface area contributed by atoms with Crippen LogP contribution in [0.4, 0.5) is 8.78 Å². The smallest absolute Gasteiger partial charge is 0.168 e. The van der Waals surface area contributed by atoms with Crippen molar-refractivity contribution in [2.75, 3.05) is 6.54 Å². The summed E-state index contributed by atoms with van der Waals surface area (Å²) < 4.78 is 33.6. The predicted octanol–water partition coefficient (Wildman–Crippen LogP) is 2.97. The molecule has 0 amide bonds. The summed E-state index contributed by atoms with van der Waals surface area (Å²) in [6.45, 7) is 0.0109. The first-order chi connectivity index (χ1) is 12.0. The number of fused-ring (bicyclic) bond motifs is 1. The van der Waals surface area contributed by atoms with Gasteiger partial charge in [-0.15, -0.1) is 0 Å². The number of nitriles is 1. The third-order valence-corrected chi connectivity index (χ3v) is 3.86. The maximum atomic E-state index is 14.6. The Bertz CT molecular complexity index is 963. The lowest BCUT2D eigenvalue weighted by Crippen LogP contribution is -2.22. The van der Waals surface area contributed by atoms with Crippen molar-refractivity contribution in [1.82, 2.24) is 4.98 Å². The van der Waals surface area contributed by atoms with Crippen LogP contribution in [0.25, 0.3) is 10.9 Å². The Morgan fingerprint density at radius 1 is 1.24 bits per heavy atom. The normalized spacial score (nSPS) is 12.1. The highest BCUT2D eigenvalue weighted by molar-refractivity contribution is 5.85. The van der Waals surface area contributed by atoms with Crippen molar-refractivity contribution in [2.45, 2.75) is 12.5 Å². The molecule has 0 saturated heterocycles. The fraction of sp³-hybridized carbons (Fsp3) is 0.167. The van der Waals surface area contributed by atoms with Crippen molar-refractivity contribution in [1.29, 1.82) is 5.26 Å². The molecule has 1 unspecified atom stereocenters. The third-order valence-electron chi connectivity index (χ3n) is 3.86. The van der Waals surface area contributed by atoms with Crippen LogP contribution in [0, 0.1) is 23.0 Å². The highest BCUT2D eigenvalue weighted by atomic mass is 19.1. The van der Waals surface area contributed by atoms with Crippen LogP contribution in [0.5, 0.6) is 11.5 Å². The quantitative estimate of drug-likeness (QED) is 0.664. The Balaban J connectivity index is 2.10. The number of ether oxygens (including phenoxy) is 1.